The lowest BCUT2D eigenvalue weighted by Gasteiger charge is -2.10. The number of nitrogens with two attached hydrogens (primary N) is 2. The molecule has 0 heterocycles. The third-order valence-electron chi connectivity index (χ3n) is 2.04. The zero-order chi connectivity index (χ0) is 14.0. The van der Waals surface area contributed by atoms with E-state index in [1.54, 1.807) is 0 Å². The molecular formula is C12H22N2O4. The Labute approximate surface area is 107 Å². The summed E-state index contributed by atoms with van der Waals surface area (Å²) in [7, 11) is 0. The fourth-order valence-corrected chi connectivity index (χ4v) is 1.20. The van der Waals surface area contributed by atoms with Gasteiger partial charge < -0.3 is 9.47 Å². The lowest BCUT2D eigenvalue weighted by atomic mass is 10.3. The summed E-state index contributed by atoms with van der Waals surface area (Å²) < 4.78 is 9.61. The summed E-state index contributed by atoms with van der Waals surface area (Å²) in [5.41, 5.74) is 11.0. The second-order valence-corrected chi connectivity index (χ2v) is 3.86. The molecule has 0 aromatic carbocycles. The van der Waals surface area contributed by atoms with Gasteiger partial charge in [0.05, 0.1) is 0 Å². The van der Waals surface area contributed by atoms with Crippen LogP contribution in [0.25, 0.3) is 0 Å². The summed E-state index contributed by atoms with van der Waals surface area (Å²) in [6.45, 7) is 3.85. The maximum atomic E-state index is 11.2. The van der Waals surface area contributed by atoms with Gasteiger partial charge in [0, 0.05) is 12.2 Å². The molecule has 18 heavy (non-hydrogen) atoms. The van der Waals surface area contributed by atoms with Crippen molar-refractivity contribution in [2.45, 2.75) is 52.0 Å². The maximum absolute atomic E-state index is 11.2. The molecule has 0 aromatic heterocycles. The van der Waals surface area contributed by atoms with E-state index in [0.717, 1.165) is 25.0 Å². The summed E-state index contributed by atoms with van der Waals surface area (Å²) in [6.07, 6.45) is 3.44. The molecule has 0 radical (unpaired) electrons. The fraction of sp³-hybridized carbons (Fsp3) is 0.667. The molecule has 0 fully saturated rings. The Bertz CT molecular complexity index is 264. The Balaban J connectivity index is 3.98. The average molecular weight is 258 g/mol. The quantitative estimate of drug-likeness (QED) is 0.379. The van der Waals surface area contributed by atoms with Gasteiger partial charge in [0.25, 0.3) is 0 Å². The van der Waals surface area contributed by atoms with Crippen molar-refractivity contribution in [1.29, 1.82) is 0 Å². The van der Waals surface area contributed by atoms with Crippen molar-refractivity contribution in [2.75, 3.05) is 0 Å². The topological polar surface area (TPSA) is 105 Å². The maximum Gasteiger partial charge on any atom is 0.332 e. The van der Waals surface area contributed by atoms with Gasteiger partial charge in [0.1, 0.15) is 0 Å². The van der Waals surface area contributed by atoms with Gasteiger partial charge in [-0.25, -0.2) is 9.59 Å². The molecule has 0 aliphatic rings. The van der Waals surface area contributed by atoms with Gasteiger partial charge in [-0.3, -0.25) is 11.5 Å². The van der Waals surface area contributed by atoms with E-state index in [-0.39, 0.29) is 0 Å². The highest BCUT2D eigenvalue weighted by atomic mass is 16.6. The van der Waals surface area contributed by atoms with Crippen LogP contribution in [-0.4, -0.2) is 24.4 Å². The Morgan fingerprint density at radius 2 is 1.28 bits per heavy atom. The van der Waals surface area contributed by atoms with E-state index in [4.69, 9.17) is 20.9 Å². The standard InChI is InChI=1S/C12H22N2O4/c1-3-5-9(13)17-11(15)7-8-12(16)18-10(14)6-4-2/h7-10H,3-6,13-14H2,1-2H3/b8-7-. The first kappa shape index (κ1) is 16.6. The second-order valence-electron chi connectivity index (χ2n) is 3.86. The monoisotopic (exact) mass is 258 g/mol. The van der Waals surface area contributed by atoms with Crippen molar-refractivity contribution in [2.24, 2.45) is 11.5 Å². The molecule has 0 rings (SSSR count). The highest BCUT2D eigenvalue weighted by molar-refractivity contribution is 5.91. The first-order chi connectivity index (χ1) is 8.49. The minimum absolute atomic E-state index is 0.575. The van der Waals surface area contributed by atoms with Gasteiger partial charge in [-0.15, -0.1) is 0 Å². The number of hydrogen-bond acceptors (Lipinski definition) is 6. The van der Waals surface area contributed by atoms with E-state index in [1.807, 2.05) is 13.8 Å². The number of rotatable bonds is 8. The third-order valence-corrected chi connectivity index (χ3v) is 2.04. The lowest BCUT2D eigenvalue weighted by molar-refractivity contribution is -0.145. The minimum atomic E-state index is -0.669. The van der Waals surface area contributed by atoms with Crippen LogP contribution in [-0.2, 0) is 19.1 Å². The van der Waals surface area contributed by atoms with Crippen LogP contribution in [0, 0.1) is 0 Å². The normalized spacial score (nSPS) is 14.2. The molecule has 0 saturated carbocycles. The zero-order valence-corrected chi connectivity index (χ0v) is 10.9. The van der Waals surface area contributed by atoms with Crippen molar-refractivity contribution in [3.63, 3.8) is 0 Å². The van der Waals surface area contributed by atoms with Crippen LogP contribution in [0.5, 0.6) is 0 Å². The lowest BCUT2D eigenvalue weighted by Crippen LogP contribution is -2.27. The first-order valence-corrected chi connectivity index (χ1v) is 6.10. The minimum Gasteiger partial charge on any atom is -0.444 e. The molecule has 4 N–H and O–H groups in total. The molecule has 0 amide bonds. The van der Waals surface area contributed by atoms with E-state index in [0.29, 0.717) is 12.8 Å². The van der Waals surface area contributed by atoms with Crippen LogP contribution in [0.15, 0.2) is 12.2 Å². The predicted molar refractivity (Wildman–Crippen MR) is 67.1 cm³/mol. The number of carbonyl (C=O) groups excluding carboxylic acids is 2. The molecule has 0 aliphatic carbocycles. The van der Waals surface area contributed by atoms with Crippen LogP contribution in [0.1, 0.15) is 39.5 Å². The third kappa shape index (κ3) is 8.72. The van der Waals surface area contributed by atoms with E-state index in [9.17, 15) is 9.59 Å². The largest absolute Gasteiger partial charge is 0.444 e. The first-order valence-electron chi connectivity index (χ1n) is 6.10. The smallest absolute Gasteiger partial charge is 0.332 e. The van der Waals surface area contributed by atoms with Crippen molar-refractivity contribution in [3.8, 4) is 0 Å². The molecule has 2 unspecified atom stereocenters. The van der Waals surface area contributed by atoms with Crippen molar-refractivity contribution in [1.82, 2.24) is 0 Å². The summed E-state index contributed by atoms with van der Waals surface area (Å²) in [6, 6.07) is 0. The highest BCUT2D eigenvalue weighted by Gasteiger charge is 2.08. The average Bonchev–Trinajstić information content (AvgIpc) is 2.27. The summed E-state index contributed by atoms with van der Waals surface area (Å²) in [5.74, 6) is -1.34. The molecule has 6 heteroatoms. The van der Waals surface area contributed by atoms with Crippen molar-refractivity contribution >= 4 is 11.9 Å². The van der Waals surface area contributed by atoms with Crippen LogP contribution >= 0.6 is 0 Å². The van der Waals surface area contributed by atoms with Crippen LogP contribution in [0.2, 0.25) is 0 Å². The molecule has 104 valence electrons. The summed E-state index contributed by atoms with van der Waals surface area (Å²) in [4.78, 5) is 22.4. The number of ether oxygens (including phenoxy) is 2. The SMILES string of the molecule is CCCC(N)OC(=O)/C=C\C(=O)OC(N)CCC. The van der Waals surface area contributed by atoms with Gasteiger partial charge in [0.2, 0.25) is 0 Å². The van der Waals surface area contributed by atoms with Gasteiger partial charge in [-0.1, -0.05) is 26.7 Å². The molecule has 6 nitrogen and oxygen atoms in total. The number of carbonyl (C=O) groups is 2. The number of esters is 2. The molecule has 2 atom stereocenters. The number of hydrogen-bond donors (Lipinski definition) is 2. The van der Waals surface area contributed by atoms with Crippen LogP contribution < -0.4 is 11.5 Å². The molecule has 0 spiro atoms. The highest BCUT2D eigenvalue weighted by Crippen LogP contribution is 1.98. The summed E-state index contributed by atoms with van der Waals surface area (Å²) >= 11 is 0. The molecule has 0 bridgehead atoms. The molecule has 0 saturated heterocycles. The predicted octanol–water partition coefficient (Wildman–Crippen LogP) is 0.799. The molecule has 0 aliphatic heterocycles. The molecule has 0 aromatic rings. The van der Waals surface area contributed by atoms with Gasteiger partial charge in [0.15, 0.2) is 12.5 Å². The van der Waals surface area contributed by atoms with E-state index in [2.05, 4.69) is 0 Å². The Morgan fingerprint density at radius 1 is 0.944 bits per heavy atom. The van der Waals surface area contributed by atoms with E-state index in [1.165, 1.54) is 0 Å². The Morgan fingerprint density at radius 3 is 1.56 bits per heavy atom. The zero-order valence-electron chi connectivity index (χ0n) is 10.9. The van der Waals surface area contributed by atoms with Crippen LogP contribution in [0.3, 0.4) is 0 Å². The second kappa shape index (κ2) is 9.61. The van der Waals surface area contributed by atoms with Gasteiger partial charge >= 0.3 is 11.9 Å². The van der Waals surface area contributed by atoms with Crippen molar-refractivity contribution < 1.29 is 19.1 Å². The van der Waals surface area contributed by atoms with Gasteiger partial charge in [-0.05, 0) is 12.8 Å². The van der Waals surface area contributed by atoms with E-state index < -0.39 is 24.4 Å². The summed E-state index contributed by atoms with van der Waals surface area (Å²) in [5, 5.41) is 0. The van der Waals surface area contributed by atoms with Gasteiger partial charge in [-0.2, -0.15) is 0 Å². The van der Waals surface area contributed by atoms with Crippen LogP contribution in [0.4, 0.5) is 0 Å². The Kier molecular flexibility index (Phi) is 8.86. The molecular weight excluding hydrogens is 236 g/mol. The fourth-order valence-electron chi connectivity index (χ4n) is 1.20. The van der Waals surface area contributed by atoms with E-state index >= 15 is 0 Å². The van der Waals surface area contributed by atoms with Crippen molar-refractivity contribution in [3.05, 3.63) is 12.2 Å². The Hall–Kier alpha value is -1.40.